The van der Waals surface area contributed by atoms with Crippen molar-refractivity contribution in [2.75, 3.05) is 23.3 Å². The number of nitrogens with zero attached hydrogens (tertiary/aromatic N) is 3. The summed E-state index contributed by atoms with van der Waals surface area (Å²) in [7, 11) is 0. The Balaban J connectivity index is 1.42. The van der Waals surface area contributed by atoms with Crippen molar-refractivity contribution < 1.29 is 44.3 Å². The third kappa shape index (κ3) is 6.63. The van der Waals surface area contributed by atoms with Gasteiger partial charge in [0.05, 0.1) is 38.4 Å². The van der Waals surface area contributed by atoms with Crippen LogP contribution in [0.15, 0.2) is 30.3 Å². The summed E-state index contributed by atoms with van der Waals surface area (Å²) >= 11 is 12.7. The number of benzene rings is 2. The van der Waals surface area contributed by atoms with E-state index in [1.807, 2.05) is 0 Å². The smallest absolute Gasteiger partial charge is 0.370 e. The van der Waals surface area contributed by atoms with Crippen molar-refractivity contribution in [3.63, 3.8) is 0 Å². The Kier molecular flexibility index (Phi) is 8.36. The van der Waals surface area contributed by atoms with Crippen LogP contribution in [-0.2, 0) is 17.9 Å². The molecular formula is C27H24Cl2F9N5O. The highest BCUT2D eigenvalue weighted by Crippen LogP contribution is 2.57. The minimum atomic E-state index is -4.71. The van der Waals surface area contributed by atoms with E-state index in [2.05, 4.69) is 15.6 Å². The lowest BCUT2D eigenvalue weighted by Crippen LogP contribution is -2.40. The molecule has 5 rings (SSSR count). The topological polar surface area (TPSA) is 62.2 Å². The van der Waals surface area contributed by atoms with Crippen molar-refractivity contribution in [2.45, 2.75) is 57.3 Å². The Bertz CT molecular complexity index is 1560. The molecule has 6 nitrogen and oxygen atoms in total. The lowest BCUT2D eigenvalue weighted by Gasteiger charge is -2.34. The van der Waals surface area contributed by atoms with Gasteiger partial charge in [-0.15, -0.1) is 0 Å². The summed E-state index contributed by atoms with van der Waals surface area (Å²) in [5.41, 5.74) is -1.71. The highest BCUT2D eigenvalue weighted by molar-refractivity contribution is 6.34. The van der Waals surface area contributed by atoms with Crippen LogP contribution in [0.2, 0.25) is 10.0 Å². The predicted octanol–water partition coefficient (Wildman–Crippen LogP) is 8.39. The van der Waals surface area contributed by atoms with E-state index < -0.39 is 42.3 Å². The maximum atomic E-state index is 13.7. The number of aromatic nitrogens is 2. The SMILES string of the molecule is O=C(NCc1ccc(Cl)c(Nc2nc3cc(Cl)c(N4CCC(C(F)(F)F)CC4)cc3n2CC(F)(F)F)c1)C1(C(F)(F)F)CC1. The first kappa shape index (κ1) is 32.3. The largest absolute Gasteiger partial charge is 0.406 e. The van der Waals surface area contributed by atoms with Crippen molar-refractivity contribution in [3.05, 3.63) is 45.9 Å². The number of hydrogen-bond donors (Lipinski definition) is 2. The van der Waals surface area contributed by atoms with E-state index in [9.17, 15) is 44.3 Å². The van der Waals surface area contributed by atoms with Crippen LogP contribution in [0.3, 0.4) is 0 Å². The van der Waals surface area contributed by atoms with Crippen molar-refractivity contribution in [3.8, 4) is 0 Å². The number of fused-ring (bicyclic) bond motifs is 1. The number of rotatable bonds is 7. The third-order valence-electron chi connectivity index (χ3n) is 7.91. The quantitative estimate of drug-likeness (QED) is 0.247. The number of hydrogen-bond acceptors (Lipinski definition) is 4. The zero-order chi connectivity index (χ0) is 32.2. The molecule has 240 valence electrons. The summed E-state index contributed by atoms with van der Waals surface area (Å²) in [5.74, 6) is -2.95. The average molecular weight is 676 g/mol. The number of piperidine rings is 1. The van der Waals surface area contributed by atoms with Crippen molar-refractivity contribution in [1.29, 1.82) is 0 Å². The minimum absolute atomic E-state index is 0.00303. The number of anilines is 3. The number of carbonyl (C=O) groups is 1. The monoisotopic (exact) mass is 675 g/mol. The standard InChI is InChI=1S/C27H24Cl2F9N5O/c28-16-2-1-14(12-39-22(44)24(5-6-24)27(36,37)38)9-18(16)40-23-41-19-10-17(29)20(11-21(19)43(23)13-25(30,31)32)42-7-3-15(4-8-42)26(33,34)35/h1-2,9-11,15H,3-8,12-13H2,(H,39,44)(H,40,41). The van der Waals surface area contributed by atoms with Crippen molar-refractivity contribution >= 4 is 57.5 Å². The molecule has 44 heavy (non-hydrogen) atoms. The molecule has 0 radical (unpaired) electrons. The lowest BCUT2D eigenvalue weighted by atomic mass is 9.96. The first-order chi connectivity index (χ1) is 20.4. The Morgan fingerprint density at radius 1 is 0.955 bits per heavy atom. The summed E-state index contributed by atoms with van der Waals surface area (Å²) < 4.78 is 121. The van der Waals surface area contributed by atoms with Crippen LogP contribution in [0.25, 0.3) is 11.0 Å². The molecule has 2 aliphatic rings. The Morgan fingerprint density at radius 2 is 1.61 bits per heavy atom. The number of carbonyl (C=O) groups excluding carboxylic acids is 1. The summed E-state index contributed by atoms with van der Waals surface area (Å²) in [6.45, 7) is -1.80. The van der Waals surface area contributed by atoms with Gasteiger partial charge in [0, 0.05) is 19.6 Å². The third-order valence-corrected chi connectivity index (χ3v) is 8.54. The van der Waals surface area contributed by atoms with Crippen molar-refractivity contribution in [1.82, 2.24) is 14.9 Å². The summed E-state index contributed by atoms with van der Waals surface area (Å²) in [6.07, 6.45) is -14.8. The van der Waals surface area contributed by atoms with E-state index in [1.165, 1.54) is 30.3 Å². The first-order valence-electron chi connectivity index (χ1n) is 13.4. The summed E-state index contributed by atoms with van der Waals surface area (Å²) in [5, 5.41) is 5.13. The van der Waals surface area contributed by atoms with Crippen LogP contribution in [0, 0.1) is 11.3 Å². The molecule has 0 unspecified atom stereocenters. The lowest BCUT2D eigenvalue weighted by molar-refractivity contribution is -0.192. The van der Waals surface area contributed by atoms with Gasteiger partial charge in [-0.05, 0) is 55.5 Å². The predicted molar refractivity (Wildman–Crippen MR) is 146 cm³/mol. The Hall–Kier alpha value is -3.07. The first-order valence-corrected chi connectivity index (χ1v) is 14.1. The van der Waals surface area contributed by atoms with Gasteiger partial charge in [0.15, 0.2) is 0 Å². The van der Waals surface area contributed by atoms with Gasteiger partial charge in [0.25, 0.3) is 0 Å². The van der Waals surface area contributed by atoms with Gasteiger partial charge >= 0.3 is 18.5 Å². The zero-order valence-corrected chi connectivity index (χ0v) is 24.0. The van der Waals surface area contributed by atoms with Crippen LogP contribution in [-0.4, -0.2) is 47.1 Å². The van der Waals surface area contributed by atoms with Gasteiger partial charge in [-0.25, -0.2) is 4.98 Å². The fraction of sp³-hybridized carbons (Fsp3) is 0.481. The molecule has 1 amide bonds. The maximum Gasteiger partial charge on any atom is 0.406 e. The molecule has 2 fully saturated rings. The molecular weight excluding hydrogens is 652 g/mol. The molecule has 17 heteroatoms. The van der Waals surface area contributed by atoms with Crippen molar-refractivity contribution in [2.24, 2.45) is 11.3 Å². The van der Waals surface area contributed by atoms with Gasteiger partial charge in [0.2, 0.25) is 11.9 Å². The molecule has 0 atom stereocenters. The summed E-state index contributed by atoms with van der Waals surface area (Å²) in [6, 6.07) is 6.82. The second-order valence-corrected chi connectivity index (χ2v) is 11.7. The average Bonchev–Trinajstić information content (AvgIpc) is 3.68. The normalized spacial score (nSPS) is 17.7. The second-order valence-electron chi connectivity index (χ2n) is 10.9. The number of amides is 1. The fourth-order valence-electron chi connectivity index (χ4n) is 5.27. The van der Waals surface area contributed by atoms with E-state index >= 15 is 0 Å². The maximum absolute atomic E-state index is 13.7. The number of halogens is 11. The van der Waals surface area contributed by atoms with Crippen LogP contribution < -0.4 is 15.5 Å². The van der Waals surface area contributed by atoms with Gasteiger partial charge in [-0.1, -0.05) is 29.3 Å². The highest BCUT2D eigenvalue weighted by atomic mass is 35.5. The molecule has 0 bridgehead atoms. The molecule has 1 aliphatic heterocycles. The Morgan fingerprint density at radius 3 is 2.18 bits per heavy atom. The van der Waals surface area contributed by atoms with Gasteiger partial charge in [0.1, 0.15) is 12.0 Å². The summed E-state index contributed by atoms with van der Waals surface area (Å²) in [4.78, 5) is 18.1. The number of imidazole rings is 1. The second kappa shape index (κ2) is 11.4. The van der Waals surface area contributed by atoms with Gasteiger partial charge in [-0.3, -0.25) is 4.79 Å². The number of nitrogens with one attached hydrogen (secondary N) is 2. The molecule has 2 aromatic carbocycles. The van der Waals surface area contributed by atoms with Crippen LogP contribution in [0.4, 0.5) is 56.8 Å². The molecule has 1 aliphatic carbocycles. The van der Waals surface area contributed by atoms with Gasteiger partial charge < -0.3 is 20.1 Å². The minimum Gasteiger partial charge on any atom is -0.370 e. The van der Waals surface area contributed by atoms with Crippen LogP contribution in [0.5, 0.6) is 0 Å². The van der Waals surface area contributed by atoms with E-state index in [0.717, 1.165) is 4.57 Å². The molecule has 1 saturated heterocycles. The number of alkyl halides is 9. The van der Waals surface area contributed by atoms with Crippen LogP contribution in [0.1, 0.15) is 31.2 Å². The molecule has 2 heterocycles. The van der Waals surface area contributed by atoms with E-state index in [1.54, 1.807) is 4.90 Å². The van der Waals surface area contributed by atoms with Gasteiger partial charge in [-0.2, -0.15) is 39.5 Å². The van der Waals surface area contributed by atoms with Crippen LogP contribution >= 0.6 is 23.2 Å². The van der Waals surface area contributed by atoms with E-state index in [0.29, 0.717) is 5.56 Å². The van der Waals surface area contributed by atoms with E-state index in [4.69, 9.17) is 23.2 Å². The fourth-order valence-corrected chi connectivity index (χ4v) is 5.72. The Labute approximate surface area is 254 Å². The molecule has 1 aromatic heterocycles. The molecule has 2 N–H and O–H groups in total. The van der Waals surface area contributed by atoms with E-state index in [-0.39, 0.29) is 83.7 Å². The highest BCUT2D eigenvalue weighted by Gasteiger charge is 2.68. The molecule has 0 spiro atoms. The molecule has 3 aromatic rings. The molecule has 1 saturated carbocycles. The zero-order valence-electron chi connectivity index (χ0n) is 22.5.